The predicted octanol–water partition coefficient (Wildman–Crippen LogP) is 2.68. The minimum atomic E-state index is -3.65. The molecule has 1 heterocycles. The number of nitrogens with one attached hydrogen (secondary N) is 2. The second kappa shape index (κ2) is 11.5. The fourth-order valence-corrected chi connectivity index (χ4v) is 6.20. The first-order valence-corrected chi connectivity index (χ1v) is 12.9. The first-order valence-electron chi connectivity index (χ1n) is 11.5. The van der Waals surface area contributed by atoms with E-state index in [1.807, 2.05) is 31.2 Å². The highest BCUT2D eigenvalue weighted by Gasteiger charge is 2.34. The van der Waals surface area contributed by atoms with Crippen LogP contribution in [0.4, 0.5) is 0 Å². The molecule has 1 atom stereocenters. The molecule has 8 nitrogen and oxygen atoms in total. The third kappa shape index (κ3) is 6.36. The van der Waals surface area contributed by atoms with Crippen molar-refractivity contribution >= 4 is 21.8 Å². The van der Waals surface area contributed by atoms with Crippen molar-refractivity contribution in [3.63, 3.8) is 0 Å². The van der Waals surface area contributed by atoms with Gasteiger partial charge in [-0.3, -0.25) is 9.59 Å². The summed E-state index contributed by atoms with van der Waals surface area (Å²) < 4.78 is 33.5. The van der Waals surface area contributed by atoms with E-state index in [0.29, 0.717) is 23.6 Å². The van der Waals surface area contributed by atoms with Crippen LogP contribution >= 0.6 is 0 Å². The van der Waals surface area contributed by atoms with Gasteiger partial charge in [0, 0.05) is 25.7 Å². The van der Waals surface area contributed by atoms with E-state index in [1.54, 1.807) is 36.5 Å². The molecule has 0 radical (unpaired) electrons. The molecule has 0 aromatic heterocycles. The summed E-state index contributed by atoms with van der Waals surface area (Å²) >= 11 is 0. The van der Waals surface area contributed by atoms with Crippen LogP contribution < -0.4 is 15.4 Å². The van der Waals surface area contributed by atoms with Gasteiger partial charge in [-0.1, -0.05) is 30.7 Å². The van der Waals surface area contributed by atoms with Crippen molar-refractivity contribution in [3.05, 3.63) is 59.2 Å². The maximum absolute atomic E-state index is 13.4. The van der Waals surface area contributed by atoms with Gasteiger partial charge in [-0.05, 0) is 68.0 Å². The molecule has 1 unspecified atom stereocenters. The maximum Gasteiger partial charge on any atom is 0.309 e. The summed E-state index contributed by atoms with van der Waals surface area (Å²) in [5.74, 6) is -0.794. The number of ether oxygens (including phenoxy) is 1. The number of carbonyl (C=O) groups is 2. The van der Waals surface area contributed by atoms with Crippen LogP contribution in [-0.4, -0.2) is 50.8 Å². The Morgan fingerprint density at radius 2 is 1.82 bits per heavy atom. The van der Waals surface area contributed by atoms with Crippen molar-refractivity contribution in [3.8, 4) is 5.75 Å². The first-order chi connectivity index (χ1) is 16.2. The molecule has 184 valence electrons. The number of benzene rings is 2. The van der Waals surface area contributed by atoms with Crippen LogP contribution in [0.3, 0.4) is 0 Å². The fourth-order valence-electron chi connectivity index (χ4n) is 4.17. The number of hydrogen-bond donors (Lipinski definition) is 2. The van der Waals surface area contributed by atoms with Gasteiger partial charge in [0.05, 0.1) is 12.0 Å². The van der Waals surface area contributed by atoms with Crippen molar-refractivity contribution in [1.82, 2.24) is 14.9 Å². The highest BCUT2D eigenvalue weighted by atomic mass is 32.2. The Bertz CT molecular complexity index is 1130. The summed E-state index contributed by atoms with van der Waals surface area (Å²) in [7, 11) is -2.08. The largest absolute Gasteiger partial charge is 0.497 e. The van der Waals surface area contributed by atoms with Gasteiger partial charge in [-0.2, -0.15) is 4.31 Å². The average molecular weight is 488 g/mol. The Hall–Kier alpha value is -2.91. The van der Waals surface area contributed by atoms with Crippen LogP contribution in [0.1, 0.15) is 42.4 Å². The molecule has 2 amide bonds. The van der Waals surface area contributed by atoms with E-state index in [4.69, 9.17) is 4.74 Å². The summed E-state index contributed by atoms with van der Waals surface area (Å²) in [6.07, 6.45) is 2.90. The Morgan fingerprint density at radius 3 is 2.59 bits per heavy atom. The number of sulfonamides is 1. The summed E-state index contributed by atoms with van der Waals surface area (Å²) in [6, 6.07) is 12.4. The fraction of sp³-hybridized carbons (Fsp3) is 0.440. The number of piperidine rings is 1. The summed E-state index contributed by atoms with van der Waals surface area (Å²) in [4.78, 5) is 24.7. The lowest BCUT2D eigenvalue weighted by Crippen LogP contribution is -2.46. The van der Waals surface area contributed by atoms with Crippen LogP contribution in [0.15, 0.2) is 47.4 Å². The molecule has 3 rings (SSSR count). The molecule has 2 aromatic carbocycles. The number of methoxy groups -OCH3 is 1. The molecular weight excluding hydrogens is 454 g/mol. The summed E-state index contributed by atoms with van der Waals surface area (Å²) in [5.41, 5.74) is 2.43. The molecule has 1 aliphatic rings. The zero-order chi connectivity index (χ0) is 24.7. The monoisotopic (exact) mass is 487 g/mol. The highest BCUT2D eigenvalue weighted by Crippen LogP contribution is 2.29. The Morgan fingerprint density at radius 1 is 1.06 bits per heavy atom. The third-order valence-electron chi connectivity index (χ3n) is 6.06. The van der Waals surface area contributed by atoms with Crippen LogP contribution in [0.25, 0.3) is 0 Å². The molecule has 1 saturated heterocycles. The quantitative estimate of drug-likeness (QED) is 0.557. The van der Waals surface area contributed by atoms with E-state index in [9.17, 15) is 18.0 Å². The lowest BCUT2D eigenvalue weighted by atomic mass is 10.0. The number of nitrogens with zero attached hydrogens (tertiary/aromatic N) is 1. The van der Waals surface area contributed by atoms with Gasteiger partial charge < -0.3 is 15.4 Å². The molecule has 2 N–H and O–H groups in total. The molecular formula is C25H33N3O5S. The van der Waals surface area contributed by atoms with E-state index in [0.717, 1.165) is 36.0 Å². The number of aryl methyl sites for hydroxylation is 2. The average Bonchev–Trinajstić information content (AvgIpc) is 2.84. The lowest BCUT2D eigenvalue weighted by molar-refractivity contribution is -0.139. The van der Waals surface area contributed by atoms with Crippen molar-refractivity contribution in [1.29, 1.82) is 0 Å². The van der Waals surface area contributed by atoms with Crippen LogP contribution in [0, 0.1) is 13.8 Å². The van der Waals surface area contributed by atoms with Gasteiger partial charge in [0.25, 0.3) is 0 Å². The standard InChI is InChI=1S/C25H33N3O5S/c1-18-10-11-19(2)23(15-18)34(31,32)28-14-5-4-8-21(28)12-13-26-24(29)25(30)27-17-20-7-6-9-22(16-20)33-3/h6-7,9-11,15-16,21H,4-5,8,12-14,17H2,1-3H3,(H,26,29)(H,27,30). The van der Waals surface area contributed by atoms with Crippen molar-refractivity contribution in [2.24, 2.45) is 0 Å². The van der Waals surface area contributed by atoms with E-state index in [1.165, 1.54) is 0 Å². The van der Waals surface area contributed by atoms with Gasteiger partial charge in [-0.15, -0.1) is 0 Å². The number of hydrogen-bond acceptors (Lipinski definition) is 5. The minimum Gasteiger partial charge on any atom is -0.497 e. The molecule has 9 heteroatoms. The SMILES string of the molecule is COc1cccc(CNC(=O)C(=O)NCCC2CCCCN2S(=O)(=O)c2cc(C)ccc2C)c1. The van der Waals surface area contributed by atoms with Gasteiger partial charge >= 0.3 is 11.8 Å². The van der Waals surface area contributed by atoms with E-state index >= 15 is 0 Å². The van der Waals surface area contributed by atoms with Gasteiger partial charge in [0.15, 0.2) is 0 Å². The molecule has 34 heavy (non-hydrogen) atoms. The first kappa shape index (κ1) is 25.7. The van der Waals surface area contributed by atoms with Crippen LogP contribution in [-0.2, 0) is 26.2 Å². The molecule has 1 aliphatic heterocycles. The van der Waals surface area contributed by atoms with Gasteiger partial charge in [-0.25, -0.2) is 8.42 Å². The predicted molar refractivity (Wildman–Crippen MR) is 130 cm³/mol. The van der Waals surface area contributed by atoms with Crippen molar-refractivity contribution in [2.75, 3.05) is 20.2 Å². The van der Waals surface area contributed by atoms with E-state index < -0.39 is 21.8 Å². The number of amides is 2. The number of carbonyl (C=O) groups excluding carboxylic acids is 2. The summed E-state index contributed by atoms with van der Waals surface area (Å²) in [6.45, 7) is 4.55. The number of rotatable bonds is 8. The molecule has 0 spiro atoms. The van der Waals surface area contributed by atoms with Crippen LogP contribution in [0.2, 0.25) is 0 Å². The maximum atomic E-state index is 13.4. The van der Waals surface area contributed by atoms with Gasteiger partial charge in [0.2, 0.25) is 10.0 Å². The Balaban J connectivity index is 1.55. The molecule has 2 aromatic rings. The van der Waals surface area contributed by atoms with Crippen molar-refractivity contribution in [2.45, 2.75) is 57.0 Å². The molecule has 1 fully saturated rings. The second-order valence-electron chi connectivity index (χ2n) is 8.61. The molecule has 0 aliphatic carbocycles. The molecule has 0 bridgehead atoms. The normalized spacial score (nSPS) is 16.6. The Labute approximate surface area is 201 Å². The third-order valence-corrected chi connectivity index (χ3v) is 8.15. The van der Waals surface area contributed by atoms with Crippen LogP contribution in [0.5, 0.6) is 5.75 Å². The summed E-state index contributed by atoms with van der Waals surface area (Å²) in [5, 5.41) is 5.22. The Kier molecular flexibility index (Phi) is 8.68. The van der Waals surface area contributed by atoms with E-state index in [2.05, 4.69) is 10.6 Å². The smallest absolute Gasteiger partial charge is 0.309 e. The minimum absolute atomic E-state index is 0.202. The lowest BCUT2D eigenvalue weighted by Gasteiger charge is -2.35. The molecule has 0 saturated carbocycles. The van der Waals surface area contributed by atoms with Gasteiger partial charge in [0.1, 0.15) is 5.75 Å². The topological polar surface area (TPSA) is 105 Å². The highest BCUT2D eigenvalue weighted by molar-refractivity contribution is 7.89. The zero-order valence-electron chi connectivity index (χ0n) is 20.0. The van der Waals surface area contributed by atoms with E-state index in [-0.39, 0.29) is 19.1 Å². The van der Waals surface area contributed by atoms with Crippen molar-refractivity contribution < 1.29 is 22.7 Å². The zero-order valence-corrected chi connectivity index (χ0v) is 20.8. The second-order valence-corrected chi connectivity index (χ2v) is 10.5.